The van der Waals surface area contributed by atoms with E-state index < -0.39 is 0 Å². The van der Waals surface area contributed by atoms with Crippen molar-refractivity contribution >= 4 is 11.6 Å². The molecule has 1 saturated heterocycles. The molecule has 0 spiro atoms. The maximum absolute atomic E-state index is 5.91. The van der Waals surface area contributed by atoms with Crippen molar-refractivity contribution in [2.24, 2.45) is 0 Å². The second-order valence-electron chi connectivity index (χ2n) is 4.45. The number of hydrogen-bond acceptors (Lipinski definition) is 4. The van der Waals surface area contributed by atoms with Gasteiger partial charge in [0.05, 0.1) is 0 Å². The highest BCUT2D eigenvalue weighted by molar-refractivity contribution is 5.57. The smallest absolute Gasteiger partial charge is 0.137 e. The summed E-state index contributed by atoms with van der Waals surface area (Å²) in [6, 6.07) is 0.563. The molecule has 2 rings (SSSR count). The minimum Gasteiger partial charge on any atom is -0.383 e. The molecule has 4 nitrogen and oxygen atoms in total. The summed E-state index contributed by atoms with van der Waals surface area (Å²) in [5.74, 6) is 1.67. The Labute approximate surface area is 96.9 Å². The zero-order valence-electron chi connectivity index (χ0n) is 10.1. The first-order valence-corrected chi connectivity index (χ1v) is 6.10. The fourth-order valence-electron chi connectivity index (χ4n) is 2.42. The highest BCUT2D eigenvalue weighted by Crippen LogP contribution is 2.27. The molecule has 2 heterocycles. The molecule has 1 aromatic rings. The van der Waals surface area contributed by atoms with Crippen LogP contribution in [0.25, 0.3) is 0 Å². The largest absolute Gasteiger partial charge is 0.383 e. The van der Waals surface area contributed by atoms with E-state index in [2.05, 4.69) is 28.7 Å². The normalized spacial score (nSPS) is 21.1. The highest BCUT2D eigenvalue weighted by Gasteiger charge is 2.22. The van der Waals surface area contributed by atoms with Crippen LogP contribution in [0.3, 0.4) is 0 Å². The molecule has 1 aromatic heterocycles. The lowest BCUT2D eigenvalue weighted by atomic mass is 10.0. The molecule has 88 valence electrons. The highest BCUT2D eigenvalue weighted by atomic mass is 15.2. The van der Waals surface area contributed by atoms with Crippen molar-refractivity contribution in [1.82, 2.24) is 9.97 Å². The number of hydrogen-bond donors (Lipinski definition) is 1. The molecule has 0 saturated carbocycles. The lowest BCUT2D eigenvalue weighted by molar-refractivity contribution is 0.480. The van der Waals surface area contributed by atoms with E-state index in [0.717, 1.165) is 24.3 Å². The van der Waals surface area contributed by atoms with Crippen LogP contribution in [0.15, 0.2) is 6.33 Å². The van der Waals surface area contributed by atoms with Gasteiger partial charge >= 0.3 is 0 Å². The quantitative estimate of drug-likeness (QED) is 0.828. The standard InChI is InChI=1S/C12H20N4/c1-3-10-11(13)14-8-15-12(10)16-7-5-4-6-9(16)2/h8-9H,3-7H2,1-2H3,(H2,13,14,15). The number of aromatic nitrogens is 2. The van der Waals surface area contributed by atoms with Crippen molar-refractivity contribution in [3.63, 3.8) is 0 Å². The van der Waals surface area contributed by atoms with E-state index in [0.29, 0.717) is 11.9 Å². The molecular weight excluding hydrogens is 200 g/mol. The van der Waals surface area contributed by atoms with Gasteiger partial charge < -0.3 is 10.6 Å². The Morgan fingerprint density at radius 2 is 2.25 bits per heavy atom. The Balaban J connectivity index is 2.34. The summed E-state index contributed by atoms with van der Waals surface area (Å²) in [4.78, 5) is 10.9. The molecule has 0 bridgehead atoms. The van der Waals surface area contributed by atoms with Gasteiger partial charge in [0, 0.05) is 18.2 Å². The number of rotatable bonds is 2. The average molecular weight is 220 g/mol. The second-order valence-corrected chi connectivity index (χ2v) is 4.45. The topological polar surface area (TPSA) is 55.0 Å². The molecule has 0 radical (unpaired) electrons. The van der Waals surface area contributed by atoms with Crippen molar-refractivity contribution < 1.29 is 0 Å². The Hall–Kier alpha value is -1.32. The monoisotopic (exact) mass is 220 g/mol. The summed E-state index contributed by atoms with van der Waals surface area (Å²) in [7, 11) is 0. The summed E-state index contributed by atoms with van der Waals surface area (Å²) in [5.41, 5.74) is 7.00. The first-order valence-electron chi connectivity index (χ1n) is 6.10. The van der Waals surface area contributed by atoms with E-state index in [-0.39, 0.29) is 0 Å². The van der Waals surface area contributed by atoms with Gasteiger partial charge in [-0.1, -0.05) is 6.92 Å². The Morgan fingerprint density at radius 3 is 2.94 bits per heavy atom. The van der Waals surface area contributed by atoms with E-state index in [1.165, 1.54) is 19.3 Å². The maximum atomic E-state index is 5.91. The number of nitrogen functional groups attached to an aromatic ring is 1. The van der Waals surface area contributed by atoms with Gasteiger partial charge in [-0.25, -0.2) is 9.97 Å². The molecule has 16 heavy (non-hydrogen) atoms. The van der Waals surface area contributed by atoms with Crippen LogP contribution >= 0.6 is 0 Å². The minimum absolute atomic E-state index is 0.563. The zero-order chi connectivity index (χ0) is 11.5. The third kappa shape index (κ3) is 1.96. The molecule has 0 aromatic carbocycles. The van der Waals surface area contributed by atoms with Gasteiger partial charge in [-0.05, 0) is 32.6 Å². The van der Waals surface area contributed by atoms with Crippen molar-refractivity contribution in [3.8, 4) is 0 Å². The van der Waals surface area contributed by atoms with Crippen LogP contribution in [0.5, 0.6) is 0 Å². The molecule has 1 atom stereocenters. The SMILES string of the molecule is CCc1c(N)ncnc1N1CCCCC1C. The molecule has 1 unspecified atom stereocenters. The lowest BCUT2D eigenvalue weighted by Gasteiger charge is -2.35. The van der Waals surface area contributed by atoms with Crippen LogP contribution in [0.2, 0.25) is 0 Å². The first-order chi connectivity index (χ1) is 7.74. The molecule has 0 aliphatic carbocycles. The maximum Gasteiger partial charge on any atom is 0.137 e. The average Bonchev–Trinajstić information content (AvgIpc) is 2.29. The number of nitrogens with zero attached hydrogens (tertiary/aromatic N) is 3. The van der Waals surface area contributed by atoms with Crippen LogP contribution in [0.4, 0.5) is 11.6 Å². The molecule has 4 heteroatoms. The van der Waals surface area contributed by atoms with Gasteiger partial charge in [0.25, 0.3) is 0 Å². The van der Waals surface area contributed by atoms with Gasteiger partial charge in [0.2, 0.25) is 0 Å². The third-order valence-corrected chi connectivity index (χ3v) is 3.38. The predicted octanol–water partition coefficient (Wildman–Crippen LogP) is 2.00. The molecule has 2 N–H and O–H groups in total. The van der Waals surface area contributed by atoms with Crippen molar-refractivity contribution in [2.75, 3.05) is 17.2 Å². The fourth-order valence-corrected chi connectivity index (χ4v) is 2.42. The molecule has 0 amide bonds. The summed E-state index contributed by atoms with van der Waals surface area (Å²) < 4.78 is 0. The van der Waals surface area contributed by atoms with Crippen molar-refractivity contribution in [1.29, 1.82) is 0 Å². The summed E-state index contributed by atoms with van der Waals surface area (Å²) in [6.45, 7) is 5.45. The van der Waals surface area contributed by atoms with E-state index >= 15 is 0 Å². The van der Waals surface area contributed by atoms with Gasteiger partial charge in [-0.2, -0.15) is 0 Å². The van der Waals surface area contributed by atoms with E-state index in [9.17, 15) is 0 Å². The van der Waals surface area contributed by atoms with Crippen LogP contribution in [0.1, 0.15) is 38.7 Å². The number of anilines is 2. The van der Waals surface area contributed by atoms with Crippen LogP contribution < -0.4 is 10.6 Å². The molecular formula is C12H20N4. The summed E-state index contributed by atoms with van der Waals surface area (Å²) in [5, 5.41) is 0. The number of piperidine rings is 1. The lowest BCUT2D eigenvalue weighted by Crippen LogP contribution is -2.38. The molecule has 1 aliphatic rings. The number of nitrogens with two attached hydrogens (primary N) is 1. The predicted molar refractivity (Wildman–Crippen MR) is 66.5 cm³/mol. The van der Waals surface area contributed by atoms with Gasteiger partial charge in [-0.3, -0.25) is 0 Å². The van der Waals surface area contributed by atoms with E-state index in [1.54, 1.807) is 6.33 Å². The fraction of sp³-hybridized carbons (Fsp3) is 0.667. The van der Waals surface area contributed by atoms with Crippen LogP contribution in [-0.2, 0) is 6.42 Å². The molecule has 1 aliphatic heterocycles. The zero-order valence-corrected chi connectivity index (χ0v) is 10.1. The van der Waals surface area contributed by atoms with Gasteiger partial charge in [0.1, 0.15) is 18.0 Å². The first kappa shape index (κ1) is 11.2. The Morgan fingerprint density at radius 1 is 1.44 bits per heavy atom. The van der Waals surface area contributed by atoms with E-state index in [1.807, 2.05) is 0 Å². The van der Waals surface area contributed by atoms with Crippen LogP contribution in [-0.4, -0.2) is 22.6 Å². The van der Waals surface area contributed by atoms with Crippen LogP contribution in [0, 0.1) is 0 Å². The van der Waals surface area contributed by atoms with Crippen molar-refractivity contribution in [3.05, 3.63) is 11.9 Å². The summed E-state index contributed by atoms with van der Waals surface area (Å²) in [6.07, 6.45) is 6.28. The molecule has 1 fully saturated rings. The third-order valence-electron chi connectivity index (χ3n) is 3.38. The van der Waals surface area contributed by atoms with E-state index in [4.69, 9.17) is 5.73 Å². The Bertz CT molecular complexity index is 364. The Kier molecular flexibility index (Phi) is 3.27. The summed E-state index contributed by atoms with van der Waals surface area (Å²) >= 11 is 0. The minimum atomic E-state index is 0.563. The van der Waals surface area contributed by atoms with Gasteiger partial charge in [0.15, 0.2) is 0 Å². The van der Waals surface area contributed by atoms with Crippen molar-refractivity contribution in [2.45, 2.75) is 45.6 Å². The second kappa shape index (κ2) is 4.68. The van der Waals surface area contributed by atoms with Gasteiger partial charge in [-0.15, -0.1) is 0 Å².